The maximum absolute atomic E-state index is 12.0. The SMILES string of the molecule is CN(CCCC(=O)O)C(=O)N1CCC(C)(C)C1. The van der Waals surface area contributed by atoms with Gasteiger partial charge in [0.2, 0.25) is 0 Å². The average Bonchev–Trinajstić information content (AvgIpc) is 2.57. The van der Waals surface area contributed by atoms with Gasteiger partial charge in [0, 0.05) is 33.1 Å². The second-order valence-corrected chi connectivity index (χ2v) is 5.54. The van der Waals surface area contributed by atoms with Crippen LogP contribution in [0.4, 0.5) is 4.79 Å². The molecule has 0 aromatic carbocycles. The summed E-state index contributed by atoms with van der Waals surface area (Å²) in [4.78, 5) is 25.9. The molecule has 98 valence electrons. The van der Waals surface area contributed by atoms with Crippen LogP contribution in [0.5, 0.6) is 0 Å². The van der Waals surface area contributed by atoms with Crippen molar-refractivity contribution in [1.29, 1.82) is 0 Å². The minimum absolute atomic E-state index is 0.0148. The van der Waals surface area contributed by atoms with Gasteiger partial charge in [-0.2, -0.15) is 0 Å². The van der Waals surface area contributed by atoms with Crippen LogP contribution in [0.1, 0.15) is 33.1 Å². The van der Waals surface area contributed by atoms with E-state index >= 15 is 0 Å². The molecule has 0 aromatic rings. The number of carbonyl (C=O) groups is 2. The fraction of sp³-hybridized carbons (Fsp3) is 0.833. The summed E-state index contributed by atoms with van der Waals surface area (Å²) in [5.74, 6) is -0.812. The predicted octanol–water partition coefficient (Wildman–Crippen LogP) is 1.63. The Hall–Kier alpha value is -1.26. The zero-order valence-corrected chi connectivity index (χ0v) is 10.9. The van der Waals surface area contributed by atoms with Crippen molar-refractivity contribution < 1.29 is 14.7 Å². The molecule has 0 spiro atoms. The highest BCUT2D eigenvalue weighted by Gasteiger charge is 2.33. The number of carboxylic acids is 1. The van der Waals surface area contributed by atoms with Gasteiger partial charge in [-0.25, -0.2) is 4.79 Å². The Kier molecular flexibility index (Phi) is 4.37. The van der Waals surface area contributed by atoms with E-state index < -0.39 is 5.97 Å². The molecule has 0 bridgehead atoms. The number of rotatable bonds is 4. The third kappa shape index (κ3) is 4.24. The smallest absolute Gasteiger partial charge is 0.319 e. The number of likely N-dealkylation sites (tertiary alicyclic amines) is 1. The lowest BCUT2D eigenvalue weighted by molar-refractivity contribution is -0.137. The molecule has 0 aromatic heterocycles. The summed E-state index contributed by atoms with van der Waals surface area (Å²) in [7, 11) is 1.73. The Balaban J connectivity index is 2.34. The molecule has 0 unspecified atom stereocenters. The van der Waals surface area contributed by atoms with Crippen LogP contribution in [0.2, 0.25) is 0 Å². The van der Waals surface area contributed by atoms with E-state index in [1.165, 1.54) is 0 Å². The van der Waals surface area contributed by atoms with Crippen LogP contribution < -0.4 is 0 Å². The van der Waals surface area contributed by atoms with Gasteiger partial charge in [0.1, 0.15) is 0 Å². The zero-order valence-electron chi connectivity index (χ0n) is 10.9. The average molecular weight is 242 g/mol. The number of urea groups is 1. The highest BCUT2D eigenvalue weighted by molar-refractivity contribution is 5.74. The van der Waals surface area contributed by atoms with Crippen LogP contribution in [0, 0.1) is 5.41 Å². The summed E-state index contributed by atoms with van der Waals surface area (Å²) < 4.78 is 0. The summed E-state index contributed by atoms with van der Waals surface area (Å²) >= 11 is 0. The number of aliphatic carboxylic acids is 1. The number of hydrogen-bond donors (Lipinski definition) is 1. The van der Waals surface area contributed by atoms with Crippen LogP contribution in [-0.4, -0.2) is 53.6 Å². The first kappa shape index (κ1) is 13.8. The van der Waals surface area contributed by atoms with E-state index in [-0.39, 0.29) is 17.9 Å². The van der Waals surface area contributed by atoms with E-state index in [2.05, 4.69) is 13.8 Å². The lowest BCUT2D eigenvalue weighted by Gasteiger charge is -2.25. The van der Waals surface area contributed by atoms with Crippen molar-refractivity contribution in [3.05, 3.63) is 0 Å². The van der Waals surface area contributed by atoms with Gasteiger partial charge in [-0.3, -0.25) is 4.79 Å². The zero-order chi connectivity index (χ0) is 13.1. The van der Waals surface area contributed by atoms with Crippen molar-refractivity contribution in [2.75, 3.05) is 26.7 Å². The highest BCUT2D eigenvalue weighted by atomic mass is 16.4. The Morgan fingerprint density at radius 2 is 2.06 bits per heavy atom. The van der Waals surface area contributed by atoms with Crippen molar-refractivity contribution >= 4 is 12.0 Å². The molecular weight excluding hydrogens is 220 g/mol. The Morgan fingerprint density at radius 3 is 2.53 bits per heavy atom. The maximum Gasteiger partial charge on any atom is 0.319 e. The van der Waals surface area contributed by atoms with E-state index in [0.717, 1.165) is 19.5 Å². The number of hydrogen-bond acceptors (Lipinski definition) is 2. The highest BCUT2D eigenvalue weighted by Crippen LogP contribution is 2.29. The molecule has 1 heterocycles. The van der Waals surface area contributed by atoms with Gasteiger partial charge in [-0.15, -0.1) is 0 Å². The Morgan fingerprint density at radius 1 is 1.41 bits per heavy atom. The second kappa shape index (κ2) is 5.38. The predicted molar refractivity (Wildman–Crippen MR) is 64.9 cm³/mol. The summed E-state index contributed by atoms with van der Waals surface area (Å²) in [6.45, 7) is 6.40. The molecule has 0 aliphatic carbocycles. The van der Waals surface area contributed by atoms with Crippen molar-refractivity contribution in [2.45, 2.75) is 33.1 Å². The van der Waals surface area contributed by atoms with Crippen molar-refractivity contribution in [2.24, 2.45) is 5.41 Å². The molecule has 5 heteroatoms. The molecule has 1 rings (SSSR count). The van der Waals surface area contributed by atoms with E-state index in [0.29, 0.717) is 13.0 Å². The first-order valence-corrected chi connectivity index (χ1v) is 6.04. The van der Waals surface area contributed by atoms with E-state index in [9.17, 15) is 9.59 Å². The second-order valence-electron chi connectivity index (χ2n) is 5.54. The molecule has 0 atom stereocenters. The first-order valence-electron chi connectivity index (χ1n) is 6.04. The minimum atomic E-state index is -0.812. The monoisotopic (exact) mass is 242 g/mol. The third-order valence-corrected chi connectivity index (χ3v) is 3.16. The largest absolute Gasteiger partial charge is 0.481 e. The van der Waals surface area contributed by atoms with Gasteiger partial charge in [0.05, 0.1) is 0 Å². The third-order valence-electron chi connectivity index (χ3n) is 3.16. The van der Waals surface area contributed by atoms with Gasteiger partial charge in [0.15, 0.2) is 0 Å². The molecule has 1 N–H and O–H groups in total. The molecular formula is C12H22N2O3. The van der Waals surface area contributed by atoms with Gasteiger partial charge >= 0.3 is 12.0 Å². The number of carbonyl (C=O) groups excluding carboxylic acids is 1. The summed E-state index contributed by atoms with van der Waals surface area (Å²) in [6.07, 6.45) is 1.65. The lowest BCUT2D eigenvalue weighted by atomic mass is 9.93. The quantitative estimate of drug-likeness (QED) is 0.815. The van der Waals surface area contributed by atoms with E-state index in [4.69, 9.17) is 5.11 Å². The van der Waals surface area contributed by atoms with Gasteiger partial charge < -0.3 is 14.9 Å². The number of carboxylic acid groups (broad SMARTS) is 1. The minimum Gasteiger partial charge on any atom is -0.481 e. The van der Waals surface area contributed by atoms with Crippen molar-refractivity contribution in [1.82, 2.24) is 9.80 Å². The molecule has 17 heavy (non-hydrogen) atoms. The van der Waals surface area contributed by atoms with E-state index in [1.54, 1.807) is 11.9 Å². The van der Waals surface area contributed by atoms with Gasteiger partial charge in [-0.05, 0) is 18.3 Å². The molecule has 1 saturated heterocycles. The van der Waals surface area contributed by atoms with E-state index in [1.807, 2.05) is 4.90 Å². The number of nitrogens with zero attached hydrogens (tertiary/aromatic N) is 2. The molecule has 1 fully saturated rings. The Bertz CT molecular complexity index is 302. The number of amides is 2. The fourth-order valence-electron chi connectivity index (χ4n) is 2.08. The van der Waals surface area contributed by atoms with Crippen LogP contribution in [0.25, 0.3) is 0 Å². The Labute approximate surface area is 102 Å². The van der Waals surface area contributed by atoms with Crippen LogP contribution in [-0.2, 0) is 4.79 Å². The molecule has 1 aliphatic rings. The lowest BCUT2D eigenvalue weighted by Crippen LogP contribution is -2.41. The summed E-state index contributed by atoms with van der Waals surface area (Å²) in [5.41, 5.74) is 0.206. The maximum atomic E-state index is 12.0. The van der Waals surface area contributed by atoms with Crippen LogP contribution in [0.15, 0.2) is 0 Å². The van der Waals surface area contributed by atoms with Crippen LogP contribution in [0.3, 0.4) is 0 Å². The van der Waals surface area contributed by atoms with Crippen molar-refractivity contribution in [3.8, 4) is 0 Å². The molecule has 0 radical (unpaired) electrons. The molecule has 0 saturated carbocycles. The van der Waals surface area contributed by atoms with Gasteiger partial charge in [-0.1, -0.05) is 13.8 Å². The molecule has 5 nitrogen and oxygen atoms in total. The van der Waals surface area contributed by atoms with Gasteiger partial charge in [0.25, 0.3) is 0 Å². The fourth-order valence-corrected chi connectivity index (χ4v) is 2.08. The normalized spacial score (nSPS) is 18.2. The topological polar surface area (TPSA) is 60.9 Å². The molecule has 2 amide bonds. The summed E-state index contributed by atoms with van der Waals surface area (Å²) in [6, 6.07) is 0.0148. The van der Waals surface area contributed by atoms with Crippen LogP contribution >= 0.6 is 0 Å². The standard InChI is InChI=1S/C12H22N2O3/c1-12(2)6-8-14(9-12)11(17)13(3)7-4-5-10(15)16/h4-9H2,1-3H3,(H,15,16). The van der Waals surface area contributed by atoms with Crippen molar-refractivity contribution in [3.63, 3.8) is 0 Å². The summed E-state index contributed by atoms with van der Waals surface area (Å²) in [5, 5.41) is 8.53. The first-order chi connectivity index (χ1) is 7.82. The molecule has 1 aliphatic heterocycles.